The van der Waals surface area contributed by atoms with E-state index < -0.39 is 16.0 Å². The van der Waals surface area contributed by atoms with Gasteiger partial charge in [-0.1, -0.05) is 12.1 Å². The number of nitrogens with one attached hydrogen (secondary N) is 1. The molecule has 7 heteroatoms. The molecule has 5 nitrogen and oxygen atoms in total. The summed E-state index contributed by atoms with van der Waals surface area (Å²) >= 11 is 0. The Morgan fingerprint density at radius 2 is 1.96 bits per heavy atom. The van der Waals surface area contributed by atoms with Crippen molar-refractivity contribution >= 4 is 22.4 Å². The highest BCUT2D eigenvalue weighted by atomic mass is 32.2. The summed E-state index contributed by atoms with van der Waals surface area (Å²) in [5.41, 5.74) is 1.14. The lowest BCUT2D eigenvalue weighted by atomic mass is 10.2. The molecule has 132 valence electrons. The van der Waals surface area contributed by atoms with E-state index in [-0.39, 0.29) is 17.5 Å². The average Bonchev–Trinajstić information content (AvgIpc) is 2.61. The van der Waals surface area contributed by atoms with Gasteiger partial charge in [-0.2, -0.15) is 0 Å². The van der Waals surface area contributed by atoms with Crippen LogP contribution in [0.3, 0.4) is 0 Å². The Labute approximate surface area is 147 Å². The highest BCUT2D eigenvalue weighted by Crippen LogP contribution is 2.32. The van der Waals surface area contributed by atoms with E-state index in [1.54, 1.807) is 37.3 Å². The zero-order chi connectivity index (χ0) is 17.8. The van der Waals surface area contributed by atoms with Gasteiger partial charge in [-0.15, -0.1) is 0 Å². The highest BCUT2D eigenvalue weighted by molar-refractivity contribution is 7.85. The van der Waals surface area contributed by atoms with Crippen molar-refractivity contribution in [3.63, 3.8) is 0 Å². The van der Waals surface area contributed by atoms with Gasteiger partial charge in [-0.3, -0.25) is 9.00 Å². The molecule has 0 aliphatic carbocycles. The van der Waals surface area contributed by atoms with Crippen molar-refractivity contribution in [1.29, 1.82) is 0 Å². The smallest absolute Gasteiger partial charge is 0.239 e. The molecule has 1 aliphatic rings. The Morgan fingerprint density at radius 3 is 2.72 bits per heavy atom. The van der Waals surface area contributed by atoms with Crippen LogP contribution in [0.5, 0.6) is 11.5 Å². The van der Waals surface area contributed by atoms with Gasteiger partial charge in [0.05, 0.1) is 0 Å². The second kappa shape index (κ2) is 7.65. The Bertz CT molecular complexity index is 811. The monoisotopic (exact) mass is 363 g/mol. The van der Waals surface area contributed by atoms with Crippen LogP contribution >= 0.6 is 0 Å². The Balaban J connectivity index is 1.63. The molecular formula is C18H18FNO4S. The third kappa shape index (κ3) is 4.36. The maximum atomic E-state index is 13.2. The number of anilines is 1. The molecule has 0 fully saturated rings. The number of halogens is 1. The van der Waals surface area contributed by atoms with Gasteiger partial charge in [-0.05, 0) is 36.8 Å². The first-order valence-corrected chi connectivity index (χ1v) is 9.23. The summed E-state index contributed by atoms with van der Waals surface area (Å²) in [5, 5.41) is 1.99. The summed E-state index contributed by atoms with van der Waals surface area (Å²) in [4.78, 5) is 12.3. The van der Waals surface area contributed by atoms with Crippen LogP contribution in [0.15, 0.2) is 42.5 Å². The first-order valence-electron chi connectivity index (χ1n) is 7.85. The fourth-order valence-electron chi connectivity index (χ4n) is 2.40. The van der Waals surface area contributed by atoms with Gasteiger partial charge in [0.15, 0.2) is 11.5 Å². The molecular weight excluding hydrogens is 345 g/mol. The Hall–Kier alpha value is -2.41. The van der Waals surface area contributed by atoms with Crippen LogP contribution in [0.2, 0.25) is 0 Å². The summed E-state index contributed by atoms with van der Waals surface area (Å²) in [6.45, 7) is 2.54. The third-order valence-corrected chi connectivity index (χ3v) is 5.39. The van der Waals surface area contributed by atoms with Gasteiger partial charge >= 0.3 is 0 Å². The van der Waals surface area contributed by atoms with E-state index in [1.165, 1.54) is 12.1 Å². The van der Waals surface area contributed by atoms with Gasteiger partial charge in [-0.25, -0.2) is 4.39 Å². The lowest BCUT2D eigenvalue weighted by molar-refractivity contribution is -0.115. The fraction of sp³-hybridized carbons (Fsp3) is 0.278. The minimum absolute atomic E-state index is 0.119. The number of ether oxygens (including phenoxy) is 2. The van der Waals surface area contributed by atoms with Crippen LogP contribution in [0, 0.1) is 5.82 Å². The molecule has 0 radical (unpaired) electrons. The molecule has 0 spiro atoms. The van der Waals surface area contributed by atoms with E-state index >= 15 is 0 Å². The number of amides is 1. The fourth-order valence-corrected chi connectivity index (χ4v) is 3.46. The third-order valence-electron chi connectivity index (χ3n) is 3.77. The maximum Gasteiger partial charge on any atom is 0.239 e. The second-order valence-corrected chi connectivity index (χ2v) is 7.40. The van der Waals surface area contributed by atoms with Crippen LogP contribution in [-0.4, -0.2) is 28.6 Å². The summed E-state index contributed by atoms with van der Waals surface area (Å²) in [6.07, 6.45) is 0. The predicted molar refractivity (Wildman–Crippen MR) is 93.8 cm³/mol. The highest BCUT2D eigenvalue weighted by Gasteiger charge is 2.21. The van der Waals surface area contributed by atoms with Crippen LogP contribution in [-0.2, 0) is 21.3 Å². The quantitative estimate of drug-likeness (QED) is 0.887. The Kier molecular flexibility index (Phi) is 5.33. The SMILES string of the molecule is CC(C(=O)Nc1ccc2c(c1)OCCO2)S(=O)Cc1cccc(F)c1. The molecule has 25 heavy (non-hydrogen) atoms. The van der Waals surface area contributed by atoms with Crippen molar-refractivity contribution < 1.29 is 22.9 Å². The van der Waals surface area contributed by atoms with E-state index in [1.807, 2.05) is 0 Å². The first kappa shape index (κ1) is 17.4. The van der Waals surface area contributed by atoms with Crippen LogP contribution in [0.1, 0.15) is 12.5 Å². The molecule has 1 N–H and O–H groups in total. The molecule has 0 bridgehead atoms. The number of fused-ring (bicyclic) bond motifs is 1. The molecule has 1 aliphatic heterocycles. The van der Waals surface area contributed by atoms with Crippen molar-refractivity contribution in [2.45, 2.75) is 17.9 Å². The molecule has 2 aromatic carbocycles. The van der Waals surface area contributed by atoms with Crippen molar-refractivity contribution in [3.8, 4) is 11.5 Å². The van der Waals surface area contributed by atoms with Gasteiger partial charge in [0.1, 0.15) is 24.3 Å². The number of benzene rings is 2. The largest absolute Gasteiger partial charge is 0.486 e. The summed E-state index contributed by atoms with van der Waals surface area (Å²) in [5.74, 6) is 0.562. The average molecular weight is 363 g/mol. The molecule has 0 aromatic heterocycles. The van der Waals surface area contributed by atoms with E-state index in [9.17, 15) is 13.4 Å². The maximum absolute atomic E-state index is 13.2. The number of carbonyl (C=O) groups is 1. The molecule has 1 heterocycles. The van der Waals surface area contributed by atoms with Crippen molar-refractivity contribution in [2.24, 2.45) is 0 Å². The van der Waals surface area contributed by atoms with Crippen LogP contribution in [0.25, 0.3) is 0 Å². The van der Waals surface area contributed by atoms with Gasteiger partial charge in [0, 0.05) is 28.3 Å². The van der Waals surface area contributed by atoms with Crippen LogP contribution < -0.4 is 14.8 Å². The second-order valence-electron chi connectivity index (χ2n) is 5.64. The van der Waals surface area contributed by atoms with Gasteiger partial charge in [0.2, 0.25) is 5.91 Å². The molecule has 2 atom stereocenters. The van der Waals surface area contributed by atoms with Crippen molar-refractivity contribution in [3.05, 3.63) is 53.8 Å². The van der Waals surface area contributed by atoms with E-state index in [2.05, 4.69) is 5.32 Å². The minimum atomic E-state index is -1.46. The lowest BCUT2D eigenvalue weighted by Gasteiger charge is -2.19. The molecule has 2 unspecified atom stereocenters. The number of hydrogen-bond acceptors (Lipinski definition) is 4. The number of hydrogen-bond donors (Lipinski definition) is 1. The zero-order valence-corrected chi connectivity index (χ0v) is 14.5. The molecule has 3 rings (SSSR count). The van der Waals surface area contributed by atoms with E-state index in [0.717, 1.165) is 0 Å². The van der Waals surface area contributed by atoms with Crippen LogP contribution in [0.4, 0.5) is 10.1 Å². The van der Waals surface area contributed by atoms with Gasteiger partial charge < -0.3 is 14.8 Å². The predicted octanol–water partition coefficient (Wildman–Crippen LogP) is 2.87. The zero-order valence-electron chi connectivity index (χ0n) is 13.7. The first-order chi connectivity index (χ1) is 12.0. The normalized spacial score (nSPS) is 15.3. The summed E-state index contributed by atoms with van der Waals surface area (Å²) in [6, 6.07) is 11.0. The minimum Gasteiger partial charge on any atom is -0.486 e. The van der Waals surface area contributed by atoms with Crippen molar-refractivity contribution in [2.75, 3.05) is 18.5 Å². The van der Waals surface area contributed by atoms with E-state index in [0.29, 0.717) is 36.0 Å². The molecule has 1 amide bonds. The lowest BCUT2D eigenvalue weighted by Crippen LogP contribution is -2.29. The molecule has 0 saturated carbocycles. The van der Waals surface area contributed by atoms with E-state index in [4.69, 9.17) is 9.47 Å². The summed E-state index contributed by atoms with van der Waals surface area (Å²) < 4.78 is 36.5. The number of rotatable bonds is 5. The number of carbonyl (C=O) groups excluding carboxylic acids is 1. The standard InChI is InChI=1S/C18H18FNO4S/c1-12(25(22)11-13-3-2-4-14(19)9-13)18(21)20-15-5-6-16-17(10-15)24-8-7-23-16/h2-6,9-10,12H,7-8,11H2,1H3,(H,20,21). The topological polar surface area (TPSA) is 64.6 Å². The summed E-state index contributed by atoms with van der Waals surface area (Å²) in [7, 11) is -1.46. The molecule has 0 saturated heterocycles. The Morgan fingerprint density at radius 1 is 1.20 bits per heavy atom. The van der Waals surface area contributed by atoms with Gasteiger partial charge in [0.25, 0.3) is 0 Å². The van der Waals surface area contributed by atoms with Crippen molar-refractivity contribution in [1.82, 2.24) is 0 Å². The molecule has 2 aromatic rings.